The highest BCUT2D eigenvalue weighted by molar-refractivity contribution is 7.82. The number of hydrogen-bond acceptors (Lipinski definition) is 1. The Kier molecular flexibility index (Phi) is 18.7. The first-order valence-electron chi connectivity index (χ1n) is 8.87. The minimum absolute atomic E-state index is 1.18. The molecule has 0 heterocycles. The summed E-state index contributed by atoms with van der Waals surface area (Å²) >= 11 is 4.12. The van der Waals surface area contributed by atoms with E-state index in [0.717, 1.165) is 0 Å². The van der Waals surface area contributed by atoms with Crippen molar-refractivity contribution in [2.45, 2.75) is 110 Å². The first kappa shape index (κ1) is 19.4. The van der Waals surface area contributed by atoms with Gasteiger partial charge in [0.1, 0.15) is 0 Å². The van der Waals surface area contributed by atoms with Gasteiger partial charge in [-0.15, -0.1) is 0 Å². The molecule has 1 heteroatoms. The molecule has 115 valence electrons. The highest BCUT2D eigenvalue weighted by atomic mass is 32.1. The summed E-state index contributed by atoms with van der Waals surface area (Å²) in [7, 11) is 0. The number of unbranched alkanes of at least 4 members (excludes halogenated alkanes) is 15. The maximum Gasteiger partial charge on any atom is 0.0133 e. The highest BCUT2D eigenvalue weighted by Crippen LogP contribution is 2.13. The van der Waals surface area contributed by atoms with E-state index >= 15 is 0 Å². The number of rotatable bonds is 16. The molecule has 1 radical (unpaired) electrons. The van der Waals surface area contributed by atoms with E-state index < -0.39 is 0 Å². The standard InChI is InChI=1S/C18H37S/c1-2-3-4-5-6-7-8-9-10-11-12-13-14-15-16-17-18-19/h18-19H,2-17H2,1H3. The molecule has 0 rings (SSSR count). The monoisotopic (exact) mass is 285 g/mol. The summed E-state index contributed by atoms with van der Waals surface area (Å²) in [6.45, 7) is 2.29. The van der Waals surface area contributed by atoms with Crippen molar-refractivity contribution in [2.24, 2.45) is 0 Å². The highest BCUT2D eigenvalue weighted by Gasteiger charge is 1.94. The normalized spacial score (nSPS) is 11.1. The second kappa shape index (κ2) is 18.4. The SMILES string of the molecule is CCCCCCCCCCCCCCCCC[CH]S. The molecule has 19 heavy (non-hydrogen) atoms. The summed E-state index contributed by atoms with van der Waals surface area (Å²) in [5.41, 5.74) is 0. The Morgan fingerprint density at radius 1 is 0.526 bits per heavy atom. The lowest BCUT2D eigenvalue weighted by Gasteiger charge is -2.03. The molecule has 0 aromatic heterocycles. The molecule has 0 saturated heterocycles. The predicted molar refractivity (Wildman–Crippen MR) is 92.8 cm³/mol. The molecule has 0 aliphatic heterocycles. The third kappa shape index (κ3) is 18.4. The molecule has 0 N–H and O–H groups in total. The summed E-state index contributed by atoms with van der Waals surface area (Å²) in [4.78, 5) is 0. The summed E-state index contributed by atoms with van der Waals surface area (Å²) in [6, 6.07) is 0. The zero-order chi connectivity index (χ0) is 14.0. The zero-order valence-corrected chi connectivity index (χ0v) is 14.2. The molecule has 0 nitrogen and oxygen atoms in total. The van der Waals surface area contributed by atoms with Crippen LogP contribution in [0.2, 0.25) is 0 Å². The fourth-order valence-corrected chi connectivity index (χ4v) is 2.79. The van der Waals surface area contributed by atoms with E-state index in [1.54, 1.807) is 0 Å². The Hall–Kier alpha value is 0.350. The van der Waals surface area contributed by atoms with Gasteiger partial charge in [0.05, 0.1) is 0 Å². The van der Waals surface area contributed by atoms with Gasteiger partial charge >= 0.3 is 0 Å². The Morgan fingerprint density at radius 2 is 0.842 bits per heavy atom. The van der Waals surface area contributed by atoms with Crippen molar-refractivity contribution in [3.05, 3.63) is 5.75 Å². The van der Waals surface area contributed by atoms with Crippen LogP contribution in [0.15, 0.2) is 0 Å². The van der Waals surface area contributed by atoms with E-state index in [1.165, 1.54) is 103 Å². The first-order chi connectivity index (χ1) is 9.41. The molecule has 0 bridgehead atoms. The summed E-state index contributed by atoms with van der Waals surface area (Å²) in [5.74, 6) is 1.99. The number of hydrogen-bond donors (Lipinski definition) is 1. The van der Waals surface area contributed by atoms with Crippen LogP contribution in [0, 0.1) is 5.75 Å². The van der Waals surface area contributed by atoms with E-state index in [1.807, 2.05) is 5.75 Å². The fraction of sp³-hybridized carbons (Fsp3) is 0.944. The van der Waals surface area contributed by atoms with Crippen molar-refractivity contribution in [1.29, 1.82) is 0 Å². The second-order valence-corrected chi connectivity index (χ2v) is 6.29. The predicted octanol–water partition coefficient (Wildman–Crippen LogP) is 7.34. The fourth-order valence-electron chi connectivity index (χ4n) is 2.61. The van der Waals surface area contributed by atoms with Gasteiger partial charge in [0.15, 0.2) is 0 Å². The molecule has 0 amide bonds. The van der Waals surface area contributed by atoms with Crippen LogP contribution in [0.1, 0.15) is 110 Å². The van der Waals surface area contributed by atoms with Gasteiger partial charge in [-0.3, -0.25) is 0 Å². The van der Waals surface area contributed by atoms with Gasteiger partial charge in [0, 0.05) is 5.75 Å². The molecular weight excluding hydrogens is 248 g/mol. The Morgan fingerprint density at radius 3 is 1.16 bits per heavy atom. The Balaban J connectivity index is 2.88. The molecule has 0 aliphatic rings. The van der Waals surface area contributed by atoms with E-state index in [-0.39, 0.29) is 0 Å². The van der Waals surface area contributed by atoms with Crippen molar-refractivity contribution in [2.75, 3.05) is 0 Å². The van der Waals surface area contributed by atoms with Crippen LogP contribution >= 0.6 is 12.6 Å². The van der Waals surface area contributed by atoms with Crippen LogP contribution in [0.4, 0.5) is 0 Å². The van der Waals surface area contributed by atoms with Gasteiger partial charge in [-0.2, -0.15) is 12.6 Å². The van der Waals surface area contributed by atoms with Crippen LogP contribution in [-0.4, -0.2) is 0 Å². The molecule has 0 saturated carbocycles. The molecule has 0 aromatic carbocycles. The van der Waals surface area contributed by atoms with Crippen LogP contribution in [0.25, 0.3) is 0 Å². The minimum Gasteiger partial charge on any atom is -0.175 e. The van der Waals surface area contributed by atoms with Crippen molar-refractivity contribution in [1.82, 2.24) is 0 Å². The lowest BCUT2D eigenvalue weighted by Crippen LogP contribution is -1.83. The topological polar surface area (TPSA) is 0 Å². The third-order valence-corrected chi connectivity index (χ3v) is 4.19. The smallest absolute Gasteiger partial charge is 0.0133 e. The van der Waals surface area contributed by atoms with Crippen LogP contribution in [-0.2, 0) is 0 Å². The van der Waals surface area contributed by atoms with E-state index in [0.29, 0.717) is 0 Å². The third-order valence-electron chi connectivity index (χ3n) is 3.94. The van der Waals surface area contributed by atoms with Gasteiger partial charge in [-0.25, -0.2) is 0 Å². The molecule has 0 aromatic rings. The Labute approximate surface area is 128 Å². The van der Waals surface area contributed by atoms with Crippen LogP contribution in [0.5, 0.6) is 0 Å². The van der Waals surface area contributed by atoms with Gasteiger partial charge in [0.25, 0.3) is 0 Å². The second-order valence-electron chi connectivity index (χ2n) is 5.92. The average Bonchev–Trinajstić information content (AvgIpc) is 2.43. The lowest BCUT2D eigenvalue weighted by atomic mass is 10.0. The van der Waals surface area contributed by atoms with Crippen molar-refractivity contribution < 1.29 is 0 Å². The van der Waals surface area contributed by atoms with Gasteiger partial charge in [0.2, 0.25) is 0 Å². The maximum absolute atomic E-state index is 4.12. The molecular formula is C18H37S. The van der Waals surface area contributed by atoms with Crippen LogP contribution < -0.4 is 0 Å². The summed E-state index contributed by atoms with van der Waals surface area (Å²) < 4.78 is 0. The first-order valence-corrected chi connectivity index (χ1v) is 9.39. The molecule has 0 atom stereocenters. The summed E-state index contributed by atoms with van der Waals surface area (Å²) in [6.07, 6.45) is 22.8. The van der Waals surface area contributed by atoms with Gasteiger partial charge in [-0.1, -0.05) is 103 Å². The van der Waals surface area contributed by atoms with Crippen molar-refractivity contribution >= 4 is 12.6 Å². The molecule has 0 aliphatic carbocycles. The van der Waals surface area contributed by atoms with Crippen LogP contribution in [0.3, 0.4) is 0 Å². The van der Waals surface area contributed by atoms with Crippen molar-refractivity contribution in [3.63, 3.8) is 0 Å². The van der Waals surface area contributed by atoms with Gasteiger partial charge in [-0.05, 0) is 6.42 Å². The largest absolute Gasteiger partial charge is 0.175 e. The molecule has 0 spiro atoms. The molecule has 0 fully saturated rings. The number of thiol groups is 1. The summed E-state index contributed by atoms with van der Waals surface area (Å²) in [5, 5.41) is 0. The van der Waals surface area contributed by atoms with E-state index in [2.05, 4.69) is 19.6 Å². The van der Waals surface area contributed by atoms with E-state index in [4.69, 9.17) is 0 Å². The Bertz CT molecular complexity index is 129. The minimum atomic E-state index is 1.18. The lowest BCUT2D eigenvalue weighted by molar-refractivity contribution is 0.532. The van der Waals surface area contributed by atoms with Gasteiger partial charge < -0.3 is 0 Å². The zero-order valence-electron chi connectivity index (χ0n) is 13.3. The maximum atomic E-state index is 4.12. The average molecular weight is 286 g/mol. The molecule has 0 unspecified atom stereocenters. The quantitative estimate of drug-likeness (QED) is 0.222. The van der Waals surface area contributed by atoms with Crippen molar-refractivity contribution in [3.8, 4) is 0 Å². The van der Waals surface area contributed by atoms with E-state index in [9.17, 15) is 0 Å².